The average molecular weight is 502 g/mol. The molecule has 9 heteroatoms. The number of benzene rings is 1. The molecule has 1 aliphatic rings. The molecular formula is C20H23IN8. The van der Waals surface area contributed by atoms with Crippen LogP contribution in [0.1, 0.15) is 5.82 Å². The zero-order valence-corrected chi connectivity index (χ0v) is 18.3. The van der Waals surface area contributed by atoms with Crippen LogP contribution < -0.4 is 10.6 Å². The molecule has 4 rings (SSSR count). The molecule has 1 fully saturated rings. The molecule has 2 aromatic heterocycles. The van der Waals surface area contributed by atoms with E-state index in [2.05, 4.69) is 34.7 Å². The molecule has 8 nitrogen and oxygen atoms in total. The van der Waals surface area contributed by atoms with E-state index in [0.717, 1.165) is 43.3 Å². The van der Waals surface area contributed by atoms with Gasteiger partial charge in [-0.3, -0.25) is 0 Å². The topological polar surface area (TPSA) is 96.4 Å². The number of nitrogens with zero attached hydrogens (tertiary/aromatic N) is 7. The summed E-state index contributed by atoms with van der Waals surface area (Å²) in [6.07, 6.45) is 7.16. The first-order valence-electron chi connectivity index (χ1n) is 9.23. The van der Waals surface area contributed by atoms with Crippen LogP contribution in [-0.4, -0.2) is 57.0 Å². The molecule has 0 aliphatic carbocycles. The molecule has 0 atom stereocenters. The Labute approximate surface area is 187 Å². The third kappa shape index (κ3) is 5.37. The summed E-state index contributed by atoms with van der Waals surface area (Å²) in [5.74, 6) is 1.92. The molecule has 0 unspecified atom stereocenters. The van der Waals surface area contributed by atoms with Gasteiger partial charge in [0.2, 0.25) is 5.95 Å². The first-order valence-corrected chi connectivity index (χ1v) is 9.23. The number of nitrogens with two attached hydrogens (primary N) is 1. The van der Waals surface area contributed by atoms with Gasteiger partial charge in [-0.1, -0.05) is 30.3 Å². The Balaban J connectivity index is 0.00000240. The summed E-state index contributed by atoms with van der Waals surface area (Å²) in [5.41, 5.74) is 8.25. The number of hydrogen-bond donors (Lipinski definition) is 1. The van der Waals surface area contributed by atoms with Gasteiger partial charge in [-0.2, -0.15) is 0 Å². The molecule has 0 saturated carbocycles. The first kappa shape index (κ1) is 20.9. The van der Waals surface area contributed by atoms with E-state index in [1.165, 1.54) is 0 Å². The van der Waals surface area contributed by atoms with E-state index in [9.17, 15) is 0 Å². The lowest BCUT2D eigenvalue weighted by molar-refractivity contribution is 0.378. The highest BCUT2D eigenvalue weighted by Gasteiger charge is 2.19. The van der Waals surface area contributed by atoms with Gasteiger partial charge >= 0.3 is 0 Å². The summed E-state index contributed by atoms with van der Waals surface area (Å²) in [5, 5.41) is 0. The molecule has 0 spiro atoms. The van der Waals surface area contributed by atoms with Gasteiger partial charge < -0.3 is 15.5 Å². The maximum Gasteiger partial charge on any atom is 0.225 e. The van der Waals surface area contributed by atoms with Crippen LogP contribution >= 0.6 is 24.0 Å². The van der Waals surface area contributed by atoms with Gasteiger partial charge in [0.1, 0.15) is 12.4 Å². The number of aliphatic imine (C=N–C) groups is 1. The highest BCUT2D eigenvalue weighted by molar-refractivity contribution is 14.0. The van der Waals surface area contributed by atoms with Crippen molar-refractivity contribution in [1.82, 2.24) is 24.8 Å². The van der Waals surface area contributed by atoms with Crippen LogP contribution in [0.4, 0.5) is 5.95 Å². The maximum absolute atomic E-state index is 6.17. The minimum Gasteiger partial charge on any atom is -0.370 e. The summed E-state index contributed by atoms with van der Waals surface area (Å²) in [6, 6.07) is 11.9. The fourth-order valence-electron chi connectivity index (χ4n) is 3.06. The molecule has 0 bridgehead atoms. The lowest BCUT2D eigenvalue weighted by Crippen LogP contribution is -2.51. The van der Waals surface area contributed by atoms with Crippen molar-refractivity contribution in [2.75, 3.05) is 31.1 Å². The predicted octanol–water partition coefficient (Wildman–Crippen LogP) is 2.19. The van der Waals surface area contributed by atoms with Crippen molar-refractivity contribution in [3.05, 3.63) is 67.0 Å². The van der Waals surface area contributed by atoms with Gasteiger partial charge in [-0.25, -0.2) is 24.9 Å². The van der Waals surface area contributed by atoms with Gasteiger partial charge in [0.05, 0.1) is 0 Å². The number of halogens is 1. The zero-order chi connectivity index (χ0) is 19.2. The van der Waals surface area contributed by atoms with Crippen molar-refractivity contribution < 1.29 is 0 Å². The minimum atomic E-state index is 0. The van der Waals surface area contributed by atoms with E-state index in [1.54, 1.807) is 12.4 Å². The number of aromatic nitrogens is 4. The Morgan fingerprint density at radius 2 is 1.52 bits per heavy atom. The van der Waals surface area contributed by atoms with Crippen LogP contribution in [0.3, 0.4) is 0 Å². The van der Waals surface area contributed by atoms with Gasteiger partial charge in [-0.15, -0.1) is 24.0 Å². The fourth-order valence-corrected chi connectivity index (χ4v) is 3.06. The molecule has 1 aliphatic heterocycles. The molecule has 2 N–H and O–H groups in total. The smallest absolute Gasteiger partial charge is 0.225 e. The SMILES string of the molecule is I.NC(=NCc1ncc(-c2ccccc2)cn1)N1CCN(c2ncccn2)CC1. The highest BCUT2D eigenvalue weighted by atomic mass is 127. The quantitative estimate of drug-likeness (QED) is 0.332. The normalized spacial score (nSPS) is 14.4. The minimum absolute atomic E-state index is 0. The summed E-state index contributed by atoms with van der Waals surface area (Å²) < 4.78 is 0. The molecule has 0 amide bonds. The van der Waals surface area contributed by atoms with E-state index in [0.29, 0.717) is 18.3 Å². The highest BCUT2D eigenvalue weighted by Crippen LogP contribution is 2.16. The van der Waals surface area contributed by atoms with E-state index in [-0.39, 0.29) is 24.0 Å². The number of piperazine rings is 1. The number of hydrogen-bond acceptors (Lipinski definition) is 6. The van der Waals surface area contributed by atoms with Crippen molar-refractivity contribution in [1.29, 1.82) is 0 Å². The lowest BCUT2D eigenvalue weighted by Gasteiger charge is -2.35. The van der Waals surface area contributed by atoms with E-state index in [1.807, 2.05) is 48.8 Å². The third-order valence-electron chi connectivity index (χ3n) is 4.63. The van der Waals surface area contributed by atoms with E-state index >= 15 is 0 Å². The molecule has 150 valence electrons. The van der Waals surface area contributed by atoms with Crippen LogP contribution in [-0.2, 0) is 6.54 Å². The summed E-state index contributed by atoms with van der Waals surface area (Å²) >= 11 is 0. The molecule has 3 aromatic rings. The third-order valence-corrected chi connectivity index (χ3v) is 4.63. The maximum atomic E-state index is 6.17. The van der Waals surface area contributed by atoms with Crippen LogP contribution in [0.15, 0.2) is 66.2 Å². The Morgan fingerprint density at radius 1 is 0.862 bits per heavy atom. The van der Waals surface area contributed by atoms with Crippen LogP contribution in [0.2, 0.25) is 0 Å². The molecule has 29 heavy (non-hydrogen) atoms. The lowest BCUT2D eigenvalue weighted by atomic mass is 10.1. The molecular weight excluding hydrogens is 479 g/mol. The largest absolute Gasteiger partial charge is 0.370 e. The van der Waals surface area contributed by atoms with Crippen molar-refractivity contribution >= 4 is 35.9 Å². The molecule has 3 heterocycles. The number of rotatable bonds is 4. The molecule has 0 radical (unpaired) electrons. The van der Waals surface area contributed by atoms with Crippen molar-refractivity contribution in [2.24, 2.45) is 10.7 Å². The predicted molar refractivity (Wildman–Crippen MR) is 124 cm³/mol. The molecule has 1 saturated heterocycles. The van der Waals surface area contributed by atoms with E-state index in [4.69, 9.17) is 5.73 Å². The summed E-state index contributed by atoms with van der Waals surface area (Å²) in [7, 11) is 0. The van der Waals surface area contributed by atoms with Gasteiger partial charge in [0.25, 0.3) is 0 Å². The van der Waals surface area contributed by atoms with Gasteiger partial charge in [0.15, 0.2) is 5.96 Å². The zero-order valence-electron chi connectivity index (χ0n) is 15.9. The second-order valence-electron chi connectivity index (χ2n) is 6.45. The fraction of sp³-hybridized carbons (Fsp3) is 0.250. The van der Waals surface area contributed by atoms with Crippen LogP contribution in [0.25, 0.3) is 11.1 Å². The molecule has 1 aromatic carbocycles. The van der Waals surface area contributed by atoms with Crippen molar-refractivity contribution in [3.63, 3.8) is 0 Å². The first-order chi connectivity index (χ1) is 13.8. The Kier molecular flexibility index (Phi) is 7.28. The Hall–Kier alpha value is -2.82. The van der Waals surface area contributed by atoms with Crippen LogP contribution in [0.5, 0.6) is 0 Å². The summed E-state index contributed by atoms with van der Waals surface area (Å²) in [6.45, 7) is 3.54. The second kappa shape index (κ2) is 10.1. The van der Waals surface area contributed by atoms with Gasteiger partial charge in [0, 0.05) is 56.5 Å². The van der Waals surface area contributed by atoms with Crippen molar-refractivity contribution in [2.45, 2.75) is 6.54 Å². The van der Waals surface area contributed by atoms with Crippen molar-refractivity contribution in [3.8, 4) is 11.1 Å². The Bertz CT molecular complexity index is 910. The van der Waals surface area contributed by atoms with Crippen LogP contribution in [0, 0.1) is 0 Å². The number of anilines is 1. The Morgan fingerprint density at radius 3 is 2.17 bits per heavy atom. The average Bonchev–Trinajstić information content (AvgIpc) is 2.79. The van der Waals surface area contributed by atoms with E-state index < -0.39 is 0 Å². The standard InChI is InChI=1S/C20H22N8.HI/c21-19(27-9-11-28(12-10-27)20-22-7-4-8-23-20)26-15-18-24-13-17(14-25-18)16-5-2-1-3-6-16;/h1-8,13-14H,9-12,15H2,(H2,21,26);1H. The monoisotopic (exact) mass is 502 g/mol. The number of guanidine groups is 1. The second-order valence-corrected chi connectivity index (χ2v) is 6.45. The summed E-state index contributed by atoms with van der Waals surface area (Å²) in [4.78, 5) is 26.1. The van der Waals surface area contributed by atoms with Gasteiger partial charge in [-0.05, 0) is 11.6 Å².